The molecule has 1 fully saturated rings. The average Bonchev–Trinajstić information content (AvgIpc) is 2.97. The maximum atomic E-state index is 12.5. The van der Waals surface area contributed by atoms with Crippen LogP contribution in [0.2, 0.25) is 5.02 Å². The van der Waals surface area contributed by atoms with Crippen molar-refractivity contribution in [3.63, 3.8) is 0 Å². The predicted molar refractivity (Wildman–Crippen MR) is 117 cm³/mol. The molecule has 29 heavy (non-hydrogen) atoms. The third kappa shape index (κ3) is 5.40. The highest BCUT2D eigenvalue weighted by atomic mass is 35.5. The SMILES string of the molecule is CN(CC(=O)NCCN1C(=O)S/C(=C/c2ccccc2Cl)C1=O)c1ccccc1. The third-order valence-electron chi connectivity index (χ3n) is 4.30. The van der Waals surface area contributed by atoms with E-state index in [0.29, 0.717) is 15.5 Å². The molecule has 2 aromatic rings. The number of halogens is 1. The highest BCUT2D eigenvalue weighted by molar-refractivity contribution is 8.18. The Bertz CT molecular complexity index is 949. The number of amides is 3. The Labute approximate surface area is 178 Å². The molecule has 3 rings (SSSR count). The number of imide groups is 1. The van der Waals surface area contributed by atoms with E-state index in [1.54, 1.807) is 24.3 Å². The lowest BCUT2D eigenvalue weighted by atomic mass is 10.2. The molecule has 8 heteroatoms. The van der Waals surface area contributed by atoms with Crippen LogP contribution in [-0.2, 0) is 9.59 Å². The molecule has 2 aromatic carbocycles. The Balaban J connectivity index is 1.52. The Morgan fingerprint density at radius 1 is 1.14 bits per heavy atom. The fourth-order valence-corrected chi connectivity index (χ4v) is 3.82. The molecule has 0 spiro atoms. The smallest absolute Gasteiger partial charge is 0.293 e. The summed E-state index contributed by atoms with van der Waals surface area (Å²) in [5, 5.41) is 2.90. The van der Waals surface area contributed by atoms with Crippen LogP contribution in [0.3, 0.4) is 0 Å². The van der Waals surface area contributed by atoms with Crippen LogP contribution in [0.1, 0.15) is 5.56 Å². The number of likely N-dealkylation sites (N-methyl/N-ethyl adjacent to an activating group) is 1. The number of para-hydroxylation sites is 1. The van der Waals surface area contributed by atoms with Crippen LogP contribution in [0.4, 0.5) is 10.5 Å². The highest BCUT2D eigenvalue weighted by Crippen LogP contribution is 2.33. The van der Waals surface area contributed by atoms with Gasteiger partial charge in [-0.15, -0.1) is 0 Å². The van der Waals surface area contributed by atoms with Crippen molar-refractivity contribution in [3.05, 3.63) is 70.1 Å². The van der Waals surface area contributed by atoms with Crippen molar-refractivity contribution in [2.24, 2.45) is 0 Å². The van der Waals surface area contributed by atoms with Crippen LogP contribution in [0.5, 0.6) is 0 Å². The predicted octanol–water partition coefficient (Wildman–Crippen LogP) is 3.63. The Morgan fingerprint density at radius 3 is 2.55 bits per heavy atom. The summed E-state index contributed by atoms with van der Waals surface area (Å²) in [6, 6.07) is 16.7. The molecule has 1 N–H and O–H groups in total. The molecule has 1 heterocycles. The van der Waals surface area contributed by atoms with E-state index in [-0.39, 0.29) is 36.7 Å². The number of benzene rings is 2. The number of nitrogens with zero attached hydrogens (tertiary/aromatic N) is 2. The van der Waals surface area contributed by atoms with Crippen molar-refractivity contribution in [2.75, 3.05) is 31.6 Å². The number of nitrogens with one attached hydrogen (secondary N) is 1. The second-order valence-electron chi connectivity index (χ2n) is 6.40. The first-order chi connectivity index (χ1) is 14.0. The van der Waals surface area contributed by atoms with Crippen molar-refractivity contribution >= 4 is 52.2 Å². The third-order valence-corrected chi connectivity index (χ3v) is 5.55. The van der Waals surface area contributed by atoms with Gasteiger partial charge in [0.05, 0.1) is 11.4 Å². The number of anilines is 1. The summed E-state index contributed by atoms with van der Waals surface area (Å²) in [4.78, 5) is 40.1. The van der Waals surface area contributed by atoms with Gasteiger partial charge in [-0.2, -0.15) is 0 Å². The molecule has 0 bridgehead atoms. The maximum Gasteiger partial charge on any atom is 0.293 e. The summed E-state index contributed by atoms with van der Waals surface area (Å²) in [5.41, 5.74) is 1.61. The van der Waals surface area contributed by atoms with Gasteiger partial charge in [-0.3, -0.25) is 19.3 Å². The quantitative estimate of drug-likeness (QED) is 0.680. The number of rotatable bonds is 7. The van der Waals surface area contributed by atoms with Gasteiger partial charge in [0, 0.05) is 30.8 Å². The van der Waals surface area contributed by atoms with Gasteiger partial charge in [0.1, 0.15) is 0 Å². The van der Waals surface area contributed by atoms with Crippen LogP contribution in [0.15, 0.2) is 59.5 Å². The highest BCUT2D eigenvalue weighted by Gasteiger charge is 2.34. The van der Waals surface area contributed by atoms with E-state index in [1.807, 2.05) is 48.3 Å². The molecule has 0 atom stereocenters. The summed E-state index contributed by atoms with van der Waals surface area (Å²) >= 11 is 6.98. The average molecular weight is 430 g/mol. The first-order valence-corrected chi connectivity index (χ1v) is 10.2. The number of hydrogen-bond donors (Lipinski definition) is 1. The van der Waals surface area contributed by atoms with Crippen molar-refractivity contribution in [3.8, 4) is 0 Å². The minimum absolute atomic E-state index is 0.116. The fourth-order valence-electron chi connectivity index (χ4n) is 2.78. The Kier molecular flexibility index (Phi) is 6.95. The largest absolute Gasteiger partial charge is 0.365 e. The van der Waals surface area contributed by atoms with Gasteiger partial charge in [-0.05, 0) is 41.6 Å². The summed E-state index contributed by atoms with van der Waals surface area (Å²) in [5.74, 6) is -0.564. The van der Waals surface area contributed by atoms with E-state index in [1.165, 1.54) is 0 Å². The molecular formula is C21H20ClN3O3S. The van der Waals surface area contributed by atoms with Gasteiger partial charge in [-0.1, -0.05) is 48.0 Å². The second kappa shape index (κ2) is 9.62. The van der Waals surface area contributed by atoms with Crippen LogP contribution < -0.4 is 10.2 Å². The molecule has 0 aliphatic carbocycles. The van der Waals surface area contributed by atoms with Crippen molar-refractivity contribution < 1.29 is 14.4 Å². The topological polar surface area (TPSA) is 69.7 Å². The van der Waals surface area contributed by atoms with Crippen LogP contribution in [0.25, 0.3) is 6.08 Å². The molecule has 0 aromatic heterocycles. The minimum atomic E-state index is -0.379. The van der Waals surface area contributed by atoms with E-state index in [9.17, 15) is 14.4 Å². The van der Waals surface area contributed by atoms with E-state index >= 15 is 0 Å². The number of hydrogen-bond acceptors (Lipinski definition) is 5. The van der Waals surface area contributed by atoms with Crippen molar-refractivity contribution in [1.82, 2.24) is 10.2 Å². The fraction of sp³-hybridized carbons (Fsp3) is 0.190. The first-order valence-electron chi connectivity index (χ1n) is 8.98. The Morgan fingerprint density at radius 2 is 1.83 bits per heavy atom. The summed E-state index contributed by atoms with van der Waals surface area (Å²) in [7, 11) is 1.82. The molecule has 1 aliphatic rings. The van der Waals surface area contributed by atoms with Crippen LogP contribution >= 0.6 is 23.4 Å². The van der Waals surface area contributed by atoms with Gasteiger partial charge in [-0.25, -0.2) is 0 Å². The Hall–Kier alpha value is -2.77. The summed E-state index contributed by atoms with van der Waals surface area (Å²) in [6.07, 6.45) is 1.61. The first kappa shape index (κ1) is 21.0. The molecule has 0 unspecified atom stereocenters. The molecule has 1 saturated heterocycles. The molecule has 1 aliphatic heterocycles. The lowest BCUT2D eigenvalue weighted by Gasteiger charge is -2.19. The minimum Gasteiger partial charge on any atom is -0.365 e. The number of thioether (sulfide) groups is 1. The van der Waals surface area contributed by atoms with E-state index in [2.05, 4.69) is 5.32 Å². The van der Waals surface area contributed by atoms with Gasteiger partial charge in [0.25, 0.3) is 11.1 Å². The number of carbonyl (C=O) groups is 3. The molecule has 0 saturated carbocycles. The number of carbonyl (C=O) groups excluding carboxylic acids is 3. The molecular weight excluding hydrogens is 410 g/mol. The van der Waals surface area contributed by atoms with Gasteiger partial charge >= 0.3 is 0 Å². The van der Waals surface area contributed by atoms with Crippen molar-refractivity contribution in [2.45, 2.75) is 0 Å². The lowest BCUT2D eigenvalue weighted by molar-refractivity contribution is -0.124. The summed E-state index contributed by atoms with van der Waals surface area (Å²) < 4.78 is 0. The van der Waals surface area contributed by atoms with E-state index in [0.717, 1.165) is 22.3 Å². The van der Waals surface area contributed by atoms with Gasteiger partial charge in [0.15, 0.2) is 0 Å². The molecule has 150 valence electrons. The maximum absolute atomic E-state index is 12.5. The standard InChI is InChI=1S/C21H20ClN3O3S/c1-24(16-8-3-2-4-9-16)14-19(26)23-11-12-25-20(27)18(29-21(25)28)13-15-7-5-6-10-17(15)22/h2-10,13H,11-12,14H2,1H3,(H,23,26)/b18-13+. The van der Waals surface area contributed by atoms with Crippen LogP contribution in [-0.4, -0.2) is 48.6 Å². The normalized spacial score (nSPS) is 15.1. The van der Waals surface area contributed by atoms with Gasteiger partial charge < -0.3 is 10.2 Å². The molecule has 6 nitrogen and oxygen atoms in total. The van der Waals surface area contributed by atoms with E-state index in [4.69, 9.17) is 11.6 Å². The van der Waals surface area contributed by atoms with E-state index < -0.39 is 0 Å². The zero-order valence-electron chi connectivity index (χ0n) is 15.8. The summed E-state index contributed by atoms with van der Waals surface area (Å²) in [6.45, 7) is 0.489. The molecule has 0 radical (unpaired) electrons. The molecule has 3 amide bonds. The van der Waals surface area contributed by atoms with Gasteiger partial charge in [0.2, 0.25) is 5.91 Å². The lowest BCUT2D eigenvalue weighted by Crippen LogP contribution is -2.40. The van der Waals surface area contributed by atoms with Crippen molar-refractivity contribution in [1.29, 1.82) is 0 Å². The monoisotopic (exact) mass is 429 g/mol. The van der Waals surface area contributed by atoms with Crippen LogP contribution in [0, 0.1) is 0 Å². The zero-order valence-corrected chi connectivity index (χ0v) is 17.4. The second-order valence-corrected chi connectivity index (χ2v) is 7.80. The zero-order chi connectivity index (χ0) is 20.8.